The summed E-state index contributed by atoms with van der Waals surface area (Å²) in [6.45, 7) is 6.66. The van der Waals surface area contributed by atoms with E-state index >= 15 is 0 Å². The SMILES string of the molecule is CCCn1c(=N)c(C(=O)NCC)cc2c(=O)n3cccc(C)c3nc21. The molecule has 130 valence electrons. The zero-order valence-corrected chi connectivity index (χ0v) is 14.6. The van der Waals surface area contributed by atoms with Gasteiger partial charge in [0, 0.05) is 19.3 Å². The topological polar surface area (TPSA) is 92.2 Å². The lowest BCUT2D eigenvalue weighted by molar-refractivity contribution is 0.0953. The van der Waals surface area contributed by atoms with E-state index in [1.807, 2.05) is 26.8 Å². The van der Waals surface area contributed by atoms with E-state index in [2.05, 4.69) is 10.3 Å². The number of rotatable bonds is 4. The molecule has 0 aromatic carbocycles. The number of aryl methyl sites for hydroxylation is 2. The van der Waals surface area contributed by atoms with Gasteiger partial charge in [0.15, 0.2) is 0 Å². The fourth-order valence-corrected chi connectivity index (χ4v) is 2.97. The van der Waals surface area contributed by atoms with Gasteiger partial charge in [-0.05, 0) is 38.0 Å². The first-order chi connectivity index (χ1) is 12.0. The number of aromatic nitrogens is 3. The van der Waals surface area contributed by atoms with E-state index in [0.717, 1.165) is 12.0 Å². The average Bonchev–Trinajstić information content (AvgIpc) is 2.59. The molecule has 1 amide bonds. The van der Waals surface area contributed by atoms with Gasteiger partial charge < -0.3 is 9.88 Å². The molecule has 0 spiro atoms. The van der Waals surface area contributed by atoms with Gasteiger partial charge in [-0.2, -0.15) is 0 Å². The van der Waals surface area contributed by atoms with Gasteiger partial charge in [-0.1, -0.05) is 13.0 Å². The van der Waals surface area contributed by atoms with Crippen molar-refractivity contribution in [1.82, 2.24) is 19.3 Å². The van der Waals surface area contributed by atoms with Crippen LogP contribution in [0, 0.1) is 12.3 Å². The number of fused-ring (bicyclic) bond motifs is 2. The summed E-state index contributed by atoms with van der Waals surface area (Å²) in [6, 6.07) is 5.17. The summed E-state index contributed by atoms with van der Waals surface area (Å²) in [7, 11) is 0. The Balaban J connectivity index is 2.49. The summed E-state index contributed by atoms with van der Waals surface area (Å²) >= 11 is 0. The van der Waals surface area contributed by atoms with Gasteiger partial charge >= 0.3 is 0 Å². The van der Waals surface area contributed by atoms with Crippen LogP contribution in [0.15, 0.2) is 29.2 Å². The Morgan fingerprint density at radius 3 is 2.76 bits per heavy atom. The number of carbonyl (C=O) groups excluding carboxylic acids is 1. The van der Waals surface area contributed by atoms with Crippen molar-refractivity contribution < 1.29 is 4.79 Å². The van der Waals surface area contributed by atoms with Crippen LogP contribution in [0.5, 0.6) is 0 Å². The molecule has 25 heavy (non-hydrogen) atoms. The van der Waals surface area contributed by atoms with Crippen LogP contribution in [-0.4, -0.2) is 26.4 Å². The van der Waals surface area contributed by atoms with Crippen molar-refractivity contribution in [2.75, 3.05) is 6.54 Å². The predicted molar refractivity (Wildman–Crippen MR) is 95.8 cm³/mol. The molecule has 3 aromatic heterocycles. The number of amides is 1. The number of nitrogens with zero attached hydrogens (tertiary/aromatic N) is 3. The summed E-state index contributed by atoms with van der Waals surface area (Å²) in [4.78, 5) is 29.9. The van der Waals surface area contributed by atoms with Crippen LogP contribution in [0.3, 0.4) is 0 Å². The molecule has 0 aliphatic rings. The highest BCUT2D eigenvalue weighted by atomic mass is 16.1. The van der Waals surface area contributed by atoms with Gasteiger partial charge in [0.05, 0.1) is 10.9 Å². The van der Waals surface area contributed by atoms with Crippen LogP contribution in [-0.2, 0) is 6.54 Å². The molecule has 0 atom stereocenters. The zero-order chi connectivity index (χ0) is 18.1. The minimum Gasteiger partial charge on any atom is -0.352 e. The molecule has 0 unspecified atom stereocenters. The first-order valence-electron chi connectivity index (χ1n) is 8.37. The van der Waals surface area contributed by atoms with Crippen molar-refractivity contribution in [1.29, 1.82) is 5.41 Å². The van der Waals surface area contributed by atoms with Gasteiger partial charge in [0.2, 0.25) is 0 Å². The van der Waals surface area contributed by atoms with Crippen LogP contribution >= 0.6 is 0 Å². The van der Waals surface area contributed by atoms with Crippen LogP contribution in [0.25, 0.3) is 16.7 Å². The van der Waals surface area contributed by atoms with Gasteiger partial charge in [0.25, 0.3) is 11.5 Å². The Morgan fingerprint density at radius 2 is 2.08 bits per heavy atom. The van der Waals surface area contributed by atoms with Crippen molar-refractivity contribution in [3.8, 4) is 0 Å². The van der Waals surface area contributed by atoms with Crippen LogP contribution in [0.4, 0.5) is 0 Å². The normalized spacial score (nSPS) is 11.2. The Labute approximate surface area is 144 Å². The van der Waals surface area contributed by atoms with E-state index in [-0.39, 0.29) is 22.5 Å². The number of hydrogen-bond donors (Lipinski definition) is 2. The highest BCUT2D eigenvalue weighted by molar-refractivity contribution is 5.96. The molecule has 0 aliphatic heterocycles. The molecule has 3 rings (SSSR count). The Kier molecular flexibility index (Phi) is 4.39. The minimum atomic E-state index is -0.354. The van der Waals surface area contributed by atoms with Gasteiger partial charge in [-0.15, -0.1) is 0 Å². The molecule has 0 radical (unpaired) electrons. The third-order valence-corrected chi connectivity index (χ3v) is 4.16. The third kappa shape index (κ3) is 2.71. The van der Waals surface area contributed by atoms with Crippen molar-refractivity contribution in [2.24, 2.45) is 0 Å². The third-order valence-electron chi connectivity index (χ3n) is 4.16. The van der Waals surface area contributed by atoms with E-state index in [1.165, 1.54) is 10.5 Å². The summed E-state index contributed by atoms with van der Waals surface area (Å²) in [5.41, 5.74) is 1.91. The number of carbonyl (C=O) groups is 1. The first kappa shape index (κ1) is 16.9. The number of hydrogen-bond acceptors (Lipinski definition) is 4. The van der Waals surface area contributed by atoms with E-state index in [9.17, 15) is 9.59 Å². The highest BCUT2D eigenvalue weighted by Gasteiger charge is 2.17. The van der Waals surface area contributed by atoms with Gasteiger partial charge in [0.1, 0.15) is 16.8 Å². The van der Waals surface area contributed by atoms with E-state index in [4.69, 9.17) is 5.41 Å². The van der Waals surface area contributed by atoms with Crippen LogP contribution in [0.2, 0.25) is 0 Å². The largest absolute Gasteiger partial charge is 0.352 e. The van der Waals surface area contributed by atoms with E-state index in [0.29, 0.717) is 29.8 Å². The highest BCUT2D eigenvalue weighted by Crippen LogP contribution is 2.13. The van der Waals surface area contributed by atoms with Crippen molar-refractivity contribution in [2.45, 2.75) is 33.7 Å². The maximum atomic E-state index is 13.0. The summed E-state index contributed by atoms with van der Waals surface area (Å²) < 4.78 is 3.13. The second-order valence-corrected chi connectivity index (χ2v) is 5.96. The standard InChI is InChI=1S/C18H21N5O2/c1-4-8-22-14(19)12(17(24)20-5-2)10-13-16(22)21-15-11(3)7-6-9-23(15)18(13)25/h6-7,9-10,19H,4-5,8H2,1-3H3,(H,20,24). The Bertz CT molecular complexity index is 1090. The molecule has 0 saturated carbocycles. The summed E-state index contributed by atoms with van der Waals surface area (Å²) in [5.74, 6) is -0.354. The molecular weight excluding hydrogens is 318 g/mol. The first-order valence-corrected chi connectivity index (χ1v) is 8.37. The van der Waals surface area contributed by atoms with Crippen molar-refractivity contribution >= 4 is 22.6 Å². The van der Waals surface area contributed by atoms with Crippen LogP contribution < -0.4 is 16.4 Å². The fraction of sp³-hybridized carbons (Fsp3) is 0.333. The molecular formula is C18H21N5O2. The smallest absolute Gasteiger partial charge is 0.267 e. The molecule has 0 aliphatic carbocycles. The average molecular weight is 339 g/mol. The fourth-order valence-electron chi connectivity index (χ4n) is 2.97. The van der Waals surface area contributed by atoms with E-state index < -0.39 is 0 Å². The lowest BCUT2D eigenvalue weighted by atomic mass is 10.2. The Hall–Kier alpha value is -2.96. The number of pyridine rings is 2. The monoisotopic (exact) mass is 339 g/mol. The molecule has 3 heterocycles. The molecule has 2 N–H and O–H groups in total. The van der Waals surface area contributed by atoms with E-state index in [1.54, 1.807) is 16.8 Å². The maximum absolute atomic E-state index is 13.0. The van der Waals surface area contributed by atoms with Gasteiger partial charge in [-0.3, -0.25) is 19.4 Å². The molecule has 0 saturated heterocycles. The maximum Gasteiger partial charge on any atom is 0.267 e. The minimum absolute atomic E-state index is 0.0742. The second kappa shape index (κ2) is 6.51. The molecule has 7 nitrogen and oxygen atoms in total. The quantitative estimate of drug-likeness (QED) is 0.707. The predicted octanol–water partition coefficient (Wildman–Crippen LogP) is 1.60. The molecule has 7 heteroatoms. The van der Waals surface area contributed by atoms with Crippen molar-refractivity contribution in [3.63, 3.8) is 0 Å². The number of nitrogens with one attached hydrogen (secondary N) is 2. The Morgan fingerprint density at radius 1 is 1.32 bits per heavy atom. The van der Waals surface area contributed by atoms with Crippen LogP contribution in [0.1, 0.15) is 36.2 Å². The lowest BCUT2D eigenvalue weighted by Gasteiger charge is -2.14. The summed E-state index contributed by atoms with van der Waals surface area (Å²) in [5, 5.41) is 11.5. The molecule has 0 bridgehead atoms. The molecule has 0 fully saturated rings. The van der Waals surface area contributed by atoms with Crippen molar-refractivity contribution in [3.05, 3.63) is 51.4 Å². The lowest BCUT2D eigenvalue weighted by Crippen LogP contribution is -2.35. The second-order valence-electron chi connectivity index (χ2n) is 5.96. The zero-order valence-electron chi connectivity index (χ0n) is 14.6. The molecule has 3 aromatic rings. The summed E-state index contributed by atoms with van der Waals surface area (Å²) in [6.07, 6.45) is 2.43. The van der Waals surface area contributed by atoms with Gasteiger partial charge in [-0.25, -0.2) is 4.98 Å².